The molecule has 0 aliphatic heterocycles. The molecule has 0 aromatic carbocycles. The summed E-state index contributed by atoms with van der Waals surface area (Å²) in [5, 5.41) is 9.72. The molecule has 1 unspecified atom stereocenters. The van der Waals surface area contributed by atoms with Crippen LogP contribution in [-0.4, -0.2) is 23.9 Å². The number of likely N-dealkylation sites (N-methyl/N-ethyl adjacent to an activating group) is 1. The van der Waals surface area contributed by atoms with Gasteiger partial charge in [-0.1, -0.05) is 6.07 Å². The highest BCUT2D eigenvalue weighted by Gasteiger charge is 2.15. The Bertz CT molecular complexity index is 550. The van der Waals surface area contributed by atoms with Crippen molar-refractivity contribution in [2.24, 2.45) is 5.73 Å². The molecule has 5 heteroatoms. The lowest BCUT2D eigenvalue weighted by molar-refractivity contribution is 0.687. The van der Waals surface area contributed by atoms with Gasteiger partial charge in [0.15, 0.2) is 0 Å². The van der Waals surface area contributed by atoms with Crippen LogP contribution < -0.4 is 10.6 Å². The van der Waals surface area contributed by atoms with Gasteiger partial charge >= 0.3 is 0 Å². The van der Waals surface area contributed by atoms with Crippen LogP contribution in [0.15, 0.2) is 36.0 Å². The minimum absolute atomic E-state index is 0.0765. The fraction of sp³-hybridized carbons (Fsp3) is 0.286. The van der Waals surface area contributed by atoms with E-state index >= 15 is 0 Å². The van der Waals surface area contributed by atoms with E-state index in [1.54, 1.807) is 29.8 Å². The van der Waals surface area contributed by atoms with Gasteiger partial charge in [-0.05, 0) is 24.4 Å². The molecule has 0 aliphatic rings. The third kappa shape index (κ3) is 3.12. The minimum atomic E-state index is 0.0765. The van der Waals surface area contributed by atoms with E-state index in [0.717, 1.165) is 17.7 Å². The molecule has 19 heavy (non-hydrogen) atoms. The Labute approximate surface area is 117 Å². The lowest BCUT2D eigenvalue weighted by Crippen LogP contribution is -2.32. The average molecular weight is 274 g/mol. The summed E-state index contributed by atoms with van der Waals surface area (Å²) in [4.78, 5) is 7.62. The van der Waals surface area contributed by atoms with Crippen LogP contribution in [0.25, 0.3) is 0 Å². The molecule has 1 atom stereocenters. The van der Waals surface area contributed by atoms with Crippen LogP contribution in [0.2, 0.25) is 0 Å². The number of nitrogen functional groups attached to an aromatic ring is 1. The van der Waals surface area contributed by atoms with Crippen LogP contribution >= 0.6 is 11.3 Å². The molecule has 0 fully saturated rings. The summed E-state index contributed by atoms with van der Waals surface area (Å²) in [5.41, 5.74) is 7.25. The van der Waals surface area contributed by atoms with Gasteiger partial charge < -0.3 is 10.6 Å². The van der Waals surface area contributed by atoms with Gasteiger partial charge in [0.05, 0.1) is 11.9 Å². The number of anilines is 1. The Morgan fingerprint density at radius 1 is 1.53 bits per heavy atom. The molecular weight excluding hydrogens is 256 g/mol. The van der Waals surface area contributed by atoms with Crippen molar-refractivity contribution >= 4 is 22.9 Å². The van der Waals surface area contributed by atoms with Crippen LogP contribution in [0.1, 0.15) is 17.4 Å². The van der Waals surface area contributed by atoms with E-state index in [9.17, 15) is 0 Å². The smallest absolute Gasteiger partial charge is 0.125 e. The SMILES string of the molecule is CC(Cc1cccs1)N(C)c1cnccc1C(=N)N. The summed E-state index contributed by atoms with van der Waals surface area (Å²) in [7, 11) is 2.02. The minimum Gasteiger partial charge on any atom is -0.384 e. The highest BCUT2D eigenvalue weighted by molar-refractivity contribution is 7.09. The standard InChI is InChI=1S/C14H18N4S/c1-10(8-11-4-3-7-19-11)18(2)13-9-17-6-5-12(13)14(15)16/h3-7,9-10H,8H2,1-2H3,(H3,15,16). The lowest BCUT2D eigenvalue weighted by Gasteiger charge is -2.28. The van der Waals surface area contributed by atoms with Gasteiger partial charge in [0, 0.05) is 36.1 Å². The third-order valence-corrected chi connectivity index (χ3v) is 4.11. The Hall–Kier alpha value is -1.88. The molecule has 0 saturated carbocycles. The summed E-state index contributed by atoms with van der Waals surface area (Å²) in [6.07, 6.45) is 4.40. The van der Waals surface area contributed by atoms with Crippen molar-refractivity contribution in [2.75, 3.05) is 11.9 Å². The van der Waals surface area contributed by atoms with Gasteiger partial charge in [0.1, 0.15) is 5.84 Å². The topological polar surface area (TPSA) is 66.0 Å². The second-order valence-corrected chi connectivity index (χ2v) is 5.58. The second-order valence-electron chi connectivity index (χ2n) is 4.55. The number of pyridine rings is 1. The molecule has 0 bridgehead atoms. The third-order valence-electron chi connectivity index (χ3n) is 3.21. The predicted molar refractivity (Wildman–Crippen MR) is 81.1 cm³/mol. The molecule has 0 spiro atoms. The Balaban J connectivity index is 2.19. The Morgan fingerprint density at radius 3 is 2.95 bits per heavy atom. The summed E-state index contributed by atoms with van der Waals surface area (Å²) in [6.45, 7) is 2.16. The van der Waals surface area contributed by atoms with Gasteiger partial charge in [0.25, 0.3) is 0 Å². The number of hydrogen-bond acceptors (Lipinski definition) is 4. The van der Waals surface area contributed by atoms with E-state index in [0.29, 0.717) is 6.04 Å². The number of amidine groups is 1. The monoisotopic (exact) mass is 274 g/mol. The predicted octanol–water partition coefficient (Wildman–Crippen LogP) is 2.49. The maximum absolute atomic E-state index is 7.63. The summed E-state index contributed by atoms with van der Waals surface area (Å²) >= 11 is 1.77. The highest BCUT2D eigenvalue weighted by atomic mass is 32.1. The van der Waals surface area contributed by atoms with Gasteiger partial charge in [-0.25, -0.2) is 0 Å². The highest BCUT2D eigenvalue weighted by Crippen LogP contribution is 2.22. The van der Waals surface area contributed by atoms with Crippen molar-refractivity contribution in [2.45, 2.75) is 19.4 Å². The van der Waals surface area contributed by atoms with E-state index in [2.05, 4.69) is 34.3 Å². The fourth-order valence-corrected chi connectivity index (χ4v) is 2.82. The quantitative estimate of drug-likeness (QED) is 0.650. The molecule has 0 saturated heterocycles. The normalized spacial score (nSPS) is 12.1. The number of nitrogens with two attached hydrogens (primary N) is 1. The van der Waals surface area contributed by atoms with Crippen molar-refractivity contribution in [3.05, 3.63) is 46.4 Å². The second kappa shape index (κ2) is 5.84. The van der Waals surface area contributed by atoms with Gasteiger partial charge in [-0.15, -0.1) is 11.3 Å². The van der Waals surface area contributed by atoms with Crippen LogP contribution in [0, 0.1) is 5.41 Å². The molecule has 2 aromatic rings. The Kier molecular flexibility index (Phi) is 4.16. The molecule has 0 aliphatic carbocycles. The maximum atomic E-state index is 7.63. The largest absolute Gasteiger partial charge is 0.384 e. The van der Waals surface area contributed by atoms with Gasteiger partial charge in [-0.3, -0.25) is 10.4 Å². The summed E-state index contributed by atoms with van der Waals surface area (Å²) in [6, 6.07) is 6.31. The summed E-state index contributed by atoms with van der Waals surface area (Å²) < 4.78 is 0. The van der Waals surface area contributed by atoms with Gasteiger partial charge in [0.2, 0.25) is 0 Å². The molecule has 4 nitrogen and oxygen atoms in total. The zero-order valence-electron chi connectivity index (χ0n) is 11.1. The fourth-order valence-electron chi connectivity index (χ4n) is 1.99. The van der Waals surface area contributed by atoms with E-state index in [-0.39, 0.29) is 5.84 Å². The number of rotatable bonds is 5. The molecule has 2 aromatic heterocycles. The summed E-state index contributed by atoms with van der Waals surface area (Å²) in [5.74, 6) is 0.0765. The molecule has 0 amide bonds. The zero-order chi connectivity index (χ0) is 13.8. The number of nitrogens with one attached hydrogen (secondary N) is 1. The lowest BCUT2D eigenvalue weighted by atomic mass is 10.1. The van der Waals surface area contributed by atoms with Gasteiger partial charge in [-0.2, -0.15) is 0 Å². The molecule has 100 valence electrons. The van der Waals surface area contributed by atoms with Crippen LogP contribution in [-0.2, 0) is 6.42 Å². The van der Waals surface area contributed by atoms with Crippen LogP contribution in [0.3, 0.4) is 0 Å². The maximum Gasteiger partial charge on any atom is 0.125 e. The molecule has 0 radical (unpaired) electrons. The van der Waals surface area contributed by atoms with E-state index < -0.39 is 0 Å². The molecule has 3 N–H and O–H groups in total. The average Bonchev–Trinajstić information content (AvgIpc) is 2.90. The van der Waals surface area contributed by atoms with Crippen molar-refractivity contribution in [1.82, 2.24) is 4.98 Å². The van der Waals surface area contributed by atoms with E-state index in [4.69, 9.17) is 11.1 Å². The Morgan fingerprint density at radius 2 is 2.32 bits per heavy atom. The van der Waals surface area contributed by atoms with Crippen LogP contribution in [0.5, 0.6) is 0 Å². The first-order valence-electron chi connectivity index (χ1n) is 6.13. The van der Waals surface area contributed by atoms with Crippen molar-refractivity contribution in [3.63, 3.8) is 0 Å². The molecular formula is C14H18N4S. The van der Waals surface area contributed by atoms with E-state index in [1.165, 1.54) is 4.88 Å². The van der Waals surface area contributed by atoms with Crippen molar-refractivity contribution < 1.29 is 0 Å². The van der Waals surface area contributed by atoms with Crippen molar-refractivity contribution in [1.29, 1.82) is 5.41 Å². The first kappa shape index (κ1) is 13.5. The molecule has 2 rings (SSSR count). The van der Waals surface area contributed by atoms with E-state index in [1.807, 2.05) is 7.05 Å². The first-order chi connectivity index (χ1) is 9.09. The van der Waals surface area contributed by atoms with Crippen LogP contribution in [0.4, 0.5) is 5.69 Å². The number of thiophene rings is 1. The number of aromatic nitrogens is 1. The number of hydrogen-bond donors (Lipinski definition) is 2. The first-order valence-corrected chi connectivity index (χ1v) is 7.01. The molecule has 2 heterocycles. The number of nitrogens with zero attached hydrogens (tertiary/aromatic N) is 2. The van der Waals surface area contributed by atoms with Crippen molar-refractivity contribution in [3.8, 4) is 0 Å². The zero-order valence-corrected chi connectivity index (χ0v) is 11.9.